The Labute approximate surface area is 134 Å². The molecule has 2 heterocycles. The summed E-state index contributed by atoms with van der Waals surface area (Å²) in [6.07, 6.45) is 1.44. The molecule has 2 amide bonds. The van der Waals surface area contributed by atoms with Crippen molar-refractivity contribution in [2.45, 2.75) is 6.54 Å². The second-order valence-corrected chi connectivity index (χ2v) is 5.32. The molecule has 0 bridgehead atoms. The largest absolute Gasteiger partial charge is 0.454 e. The first-order chi connectivity index (χ1) is 11.0. The first-order valence-corrected chi connectivity index (χ1v) is 7.33. The van der Waals surface area contributed by atoms with E-state index in [0.717, 1.165) is 15.9 Å². The highest BCUT2D eigenvalue weighted by Crippen LogP contribution is 2.22. The molecule has 2 aromatic heterocycles. The molecule has 0 aliphatic rings. The number of aromatic nitrogens is 1. The van der Waals surface area contributed by atoms with Gasteiger partial charge < -0.3 is 20.4 Å². The van der Waals surface area contributed by atoms with Crippen molar-refractivity contribution in [2.75, 3.05) is 11.9 Å². The van der Waals surface area contributed by atoms with Crippen LogP contribution in [0, 0.1) is 0 Å². The molecule has 0 radical (unpaired) electrons. The van der Waals surface area contributed by atoms with Crippen molar-refractivity contribution >= 4 is 34.1 Å². The van der Waals surface area contributed by atoms with Crippen LogP contribution in [0.2, 0.25) is 0 Å². The van der Waals surface area contributed by atoms with Gasteiger partial charge in [0.1, 0.15) is 11.5 Å². The summed E-state index contributed by atoms with van der Waals surface area (Å²) in [5.74, 6) is -2.00. The first-order valence-electron chi connectivity index (χ1n) is 6.45. The molecule has 0 saturated heterocycles. The number of rotatable bonds is 6. The van der Waals surface area contributed by atoms with E-state index in [1.165, 1.54) is 18.3 Å². The number of amides is 2. The zero-order valence-electron chi connectivity index (χ0n) is 11.9. The zero-order chi connectivity index (χ0) is 16.8. The molecular weight excluding hydrogens is 322 g/mol. The topological polar surface area (TPSA) is 120 Å². The van der Waals surface area contributed by atoms with E-state index in [4.69, 9.17) is 10.5 Å². The predicted octanol–water partition coefficient (Wildman–Crippen LogP) is 0.191. The Morgan fingerprint density at radius 1 is 1.26 bits per heavy atom. The molecule has 120 valence electrons. The first kappa shape index (κ1) is 16.4. The molecule has 0 aliphatic carbocycles. The van der Waals surface area contributed by atoms with E-state index in [-0.39, 0.29) is 22.7 Å². The van der Waals surface area contributed by atoms with Crippen LogP contribution >= 0.6 is 11.3 Å². The van der Waals surface area contributed by atoms with Gasteiger partial charge in [-0.05, 0) is 17.5 Å². The number of ether oxygens (including phenoxy) is 1. The number of carbonyl (C=O) groups is 3. The summed E-state index contributed by atoms with van der Waals surface area (Å²) in [4.78, 5) is 45.9. The quantitative estimate of drug-likeness (QED) is 0.730. The smallest absolute Gasteiger partial charge is 0.326 e. The lowest BCUT2D eigenvalue weighted by Gasteiger charge is -2.07. The van der Waals surface area contributed by atoms with Gasteiger partial charge in [0.2, 0.25) is 0 Å². The van der Waals surface area contributed by atoms with E-state index in [1.807, 2.05) is 0 Å². The van der Waals surface area contributed by atoms with Gasteiger partial charge in [-0.3, -0.25) is 19.2 Å². The molecule has 2 aromatic rings. The number of nitrogens with one attached hydrogen (secondary N) is 1. The van der Waals surface area contributed by atoms with Gasteiger partial charge in [0.25, 0.3) is 17.4 Å². The summed E-state index contributed by atoms with van der Waals surface area (Å²) < 4.78 is 5.95. The Morgan fingerprint density at radius 2 is 2.04 bits per heavy atom. The van der Waals surface area contributed by atoms with E-state index in [1.54, 1.807) is 17.5 Å². The Bertz CT molecular complexity index is 795. The summed E-state index contributed by atoms with van der Waals surface area (Å²) >= 11 is 1.13. The van der Waals surface area contributed by atoms with Crippen molar-refractivity contribution in [2.24, 2.45) is 5.73 Å². The third-order valence-electron chi connectivity index (χ3n) is 2.75. The maximum absolute atomic E-state index is 11.7. The van der Waals surface area contributed by atoms with E-state index in [0.29, 0.717) is 0 Å². The fourth-order valence-electron chi connectivity index (χ4n) is 1.68. The maximum Gasteiger partial charge on any atom is 0.326 e. The van der Waals surface area contributed by atoms with E-state index >= 15 is 0 Å². The standard InChI is InChI=1S/C14H13N3O5S/c15-13(21)9-4-6-23-14(9)16-10(18)8-22-12(20)7-17-5-2-1-3-11(17)19/h1-6H,7-8H2,(H2,15,21)(H,16,18). The summed E-state index contributed by atoms with van der Waals surface area (Å²) in [6.45, 7) is -0.824. The van der Waals surface area contributed by atoms with Crippen molar-refractivity contribution in [1.29, 1.82) is 0 Å². The number of pyridine rings is 1. The molecule has 3 N–H and O–H groups in total. The number of thiophene rings is 1. The Balaban J connectivity index is 1.86. The Morgan fingerprint density at radius 3 is 2.74 bits per heavy atom. The van der Waals surface area contributed by atoms with Gasteiger partial charge in [0, 0.05) is 12.3 Å². The number of primary amides is 1. The lowest BCUT2D eigenvalue weighted by molar-refractivity contribution is -0.147. The molecule has 0 aliphatic heterocycles. The molecule has 0 spiro atoms. The monoisotopic (exact) mass is 335 g/mol. The average Bonchev–Trinajstić information content (AvgIpc) is 2.96. The van der Waals surface area contributed by atoms with Crippen molar-refractivity contribution < 1.29 is 19.1 Å². The van der Waals surface area contributed by atoms with Crippen molar-refractivity contribution in [3.05, 3.63) is 51.8 Å². The molecule has 0 atom stereocenters. The van der Waals surface area contributed by atoms with Crippen molar-refractivity contribution in [3.63, 3.8) is 0 Å². The Kier molecular flexibility index (Phi) is 5.26. The second-order valence-electron chi connectivity index (χ2n) is 4.40. The lowest BCUT2D eigenvalue weighted by atomic mass is 10.3. The normalized spacial score (nSPS) is 10.1. The molecule has 0 aromatic carbocycles. The highest BCUT2D eigenvalue weighted by Gasteiger charge is 2.14. The van der Waals surface area contributed by atoms with E-state index in [2.05, 4.69) is 5.32 Å². The Hall–Kier alpha value is -2.94. The summed E-state index contributed by atoms with van der Waals surface area (Å²) in [7, 11) is 0. The molecule has 0 fully saturated rings. The van der Waals surface area contributed by atoms with Crippen LogP contribution in [0.4, 0.5) is 5.00 Å². The summed E-state index contributed by atoms with van der Waals surface area (Å²) in [5.41, 5.74) is 4.99. The van der Waals surface area contributed by atoms with Gasteiger partial charge in [-0.1, -0.05) is 6.07 Å². The second kappa shape index (κ2) is 7.36. The average molecular weight is 335 g/mol. The molecule has 9 heteroatoms. The number of nitrogens with zero attached hydrogens (tertiary/aromatic N) is 1. The zero-order valence-corrected chi connectivity index (χ0v) is 12.7. The molecular formula is C14H13N3O5S. The number of esters is 1. The molecule has 0 saturated carbocycles. The van der Waals surface area contributed by atoms with E-state index in [9.17, 15) is 19.2 Å². The number of anilines is 1. The number of hydrogen-bond acceptors (Lipinski definition) is 6. The fraction of sp³-hybridized carbons (Fsp3) is 0.143. The molecule has 23 heavy (non-hydrogen) atoms. The summed E-state index contributed by atoms with van der Waals surface area (Å²) in [6, 6.07) is 5.94. The van der Waals surface area contributed by atoms with Crippen LogP contribution in [-0.2, 0) is 20.9 Å². The van der Waals surface area contributed by atoms with Crippen molar-refractivity contribution in [3.8, 4) is 0 Å². The van der Waals surface area contributed by atoms with Gasteiger partial charge in [-0.2, -0.15) is 0 Å². The van der Waals surface area contributed by atoms with Crippen LogP contribution in [0.15, 0.2) is 40.6 Å². The van der Waals surface area contributed by atoms with E-state index < -0.39 is 24.4 Å². The van der Waals surface area contributed by atoms with Gasteiger partial charge in [0.05, 0.1) is 5.56 Å². The number of carbonyl (C=O) groups excluding carboxylic acids is 3. The van der Waals surface area contributed by atoms with Crippen LogP contribution in [0.25, 0.3) is 0 Å². The highest BCUT2D eigenvalue weighted by atomic mass is 32.1. The van der Waals surface area contributed by atoms with Gasteiger partial charge in [-0.15, -0.1) is 11.3 Å². The molecule has 8 nitrogen and oxygen atoms in total. The molecule has 2 rings (SSSR count). The van der Waals surface area contributed by atoms with Crippen LogP contribution in [-0.4, -0.2) is 29.0 Å². The SMILES string of the molecule is NC(=O)c1ccsc1NC(=O)COC(=O)Cn1ccccc1=O. The van der Waals surface area contributed by atoms with Gasteiger partial charge in [-0.25, -0.2) is 0 Å². The molecule has 0 unspecified atom stereocenters. The minimum Gasteiger partial charge on any atom is -0.454 e. The van der Waals surface area contributed by atoms with Crippen LogP contribution < -0.4 is 16.6 Å². The number of hydrogen-bond donors (Lipinski definition) is 2. The minimum absolute atomic E-state index is 0.186. The predicted molar refractivity (Wildman–Crippen MR) is 83.1 cm³/mol. The lowest BCUT2D eigenvalue weighted by Crippen LogP contribution is -2.27. The third-order valence-corrected chi connectivity index (χ3v) is 3.58. The summed E-state index contributed by atoms with van der Waals surface area (Å²) in [5, 5.41) is 4.33. The number of nitrogens with two attached hydrogens (primary N) is 1. The highest BCUT2D eigenvalue weighted by molar-refractivity contribution is 7.14. The van der Waals surface area contributed by atoms with Crippen LogP contribution in [0.1, 0.15) is 10.4 Å². The van der Waals surface area contributed by atoms with Crippen LogP contribution in [0.3, 0.4) is 0 Å². The van der Waals surface area contributed by atoms with Gasteiger partial charge >= 0.3 is 5.97 Å². The minimum atomic E-state index is -0.727. The van der Waals surface area contributed by atoms with Gasteiger partial charge in [0.15, 0.2) is 6.61 Å². The fourth-order valence-corrected chi connectivity index (χ4v) is 2.49. The maximum atomic E-state index is 11.7. The van der Waals surface area contributed by atoms with Crippen molar-refractivity contribution in [1.82, 2.24) is 4.57 Å². The van der Waals surface area contributed by atoms with Crippen LogP contribution in [0.5, 0.6) is 0 Å². The third kappa shape index (κ3) is 4.51.